The number of amides is 2. The van der Waals surface area contributed by atoms with E-state index in [9.17, 15) is 9.59 Å². The van der Waals surface area contributed by atoms with Gasteiger partial charge in [-0.25, -0.2) is 0 Å². The van der Waals surface area contributed by atoms with Gasteiger partial charge in [-0.05, 0) is 36.5 Å². The van der Waals surface area contributed by atoms with Gasteiger partial charge in [-0.1, -0.05) is 62.4 Å². The van der Waals surface area contributed by atoms with Crippen LogP contribution in [0.25, 0.3) is 0 Å². The summed E-state index contributed by atoms with van der Waals surface area (Å²) in [6.45, 7) is 7.93. The Morgan fingerprint density at radius 3 is 2.21 bits per heavy atom. The van der Waals surface area contributed by atoms with Gasteiger partial charge >= 0.3 is 0 Å². The summed E-state index contributed by atoms with van der Waals surface area (Å²) in [5, 5.41) is 0. The number of aryl methyl sites for hydroxylation is 2. The van der Waals surface area contributed by atoms with E-state index in [4.69, 9.17) is 0 Å². The van der Waals surface area contributed by atoms with Crippen molar-refractivity contribution in [2.24, 2.45) is 5.92 Å². The van der Waals surface area contributed by atoms with Gasteiger partial charge in [0.05, 0.1) is 5.92 Å². The average molecular weight is 379 g/mol. The molecule has 0 radical (unpaired) electrons. The van der Waals surface area contributed by atoms with Crippen LogP contribution in [0.4, 0.5) is 5.69 Å². The lowest BCUT2D eigenvalue weighted by molar-refractivity contribution is -0.136. The number of para-hydroxylation sites is 1. The fourth-order valence-electron chi connectivity index (χ4n) is 4.06. The fourth-order valence-corrected chi connectivity index (χ4v) is 4.06. The van der Waals surface area contributed by atoms with E-state index in [2.05, 4.69) is 32.0 Å². The van der Waals surface area contributed by atoms with Crippen molar-refractivity contribution in [2.75, 3.05) is 18.0 Å². The molecule has 1 aliphatic rings. The van der Waals surface area contributed by atoms with Crippen LogP contribution in [0.15, 0.2) is 48.5 Å². The van der Waals surface area contributed by atoms with Gasteiger partial charge in [0.15, 0.2) is 0 Å². The highest BCUT2D eigenvalue weighted by molar-refractivity contribution is 6.01. The zero-order valence-electron chi connectivity index (χ0n) is 17.1. The van der Waals surface area contributed by atoms with Gasteiger partial charge in [-0.15, -0.1) is 0 Å². The van der Waals surface area contributed by atoms with Crippen LogP contribution in [0.2, 0.25) is 0 Å². The number of carbonyl (C=O) groups excluding carboxylic acids is 2. The first-order valence-electron chi connectivity index (χ1n) is 10.3. The summed E-state index contributed by atoms with van der Waals surface area (Å²) in [5.41, 5.74) is 4.50. The maximum absolute atomic E-state index is 13.2. The molecule has 0 aliphatic carbocycles. The normalized spacial score (nSPS) is 16.5. The first-order valence-corrected chi connectivity index (χ1v) is 10.3. The second-order valence-corrected chi connectivity index (χ2v) is 7.38. The monoisotopic (exact) mass is 378 g/mol. The van der Waals surface area contributed by atoms with Crippen LogP contribution in [-0.2, 0) is 29.0 Å². The van der Waals surface area contributed by atoms with Crippen molar-refractivity contribution in [3.05, 3.63) is 65.2 Å². The number of nitrogens with zero attached hydrogens (tertiary/aromatic N) is 2. The molecule has 1 unspecified atom stereocenters. The Bertz CT molecular complexity index is 810. The lowest BCUT2D eigenvalue weighted by Gasteiger charge is -2.26. The molecule has 0 bridgehead atoms. The predicted octanol–water partition coefficient (Wildman–Crippen LogP) is 4.21. The molecule has 2 aromatic rings. The van der Waals surface area contributed by atoms with E-state index >= 15 is 0 Å². The highest BCUT2D eigenvalue weighted by Gasteiger charge is 2.38. The summed E-state index contributed by atoms with van der Waals surface area (Å²) in [4.78, 5) is 29.7. The largest absolute Gasteiger partial charge is 0.338 e. The molecule has 0 aromatic heterocycles. The molecule has 0 saturated carbocycles. The second kappa shape index (κ2) is 9.05. The van der Waals surface area contributed by atoms with Crippen LogP contribution < -0.4 is 4.90 Å². The second-order valence-electron chi connectivity index (χ2n) is 7.38. The Morgan fingerprint density at radius 2 is 1.64 bits per heavy atom. The van der Waals surface area contributed by atoms with Crippen molar-refractivity contribution in [3.63, 3.8) is 0 Å². The average Bonchev–Trinajstić information content (AvgIpc) is 3.12. The van der Waals surface area contributed by atoms with E-state index in [1.807, 2.05) is 47.1 Å². The molecule has 3 rings (SSSR count). The smallest absolute Gasteiger partial charge is 0.228 e. The molecule has 2 aromatic carbocycles. The summed E-state index contributed by atoms with van der Waals surface area (Å²) in [6, 6.07) is 16.3. The highest BCUT2D eigenvalue weighted by Crippen LogP contribution is 2.33. The topological polar surface area (TPSA) is 40.6 Å². The van der Waals surface area contributed by atoms with Crippen molar-refractivity contribution in [1.29, 1.82) is 0 Å². The van der Waals surface area contributed by atoms with Gasteiger partial charge in [0.2, 0.25) is 11.8 Å². The maximum atomic E-state index is 13.2. The molecule has 1 fully saturated rings. The van der Waals surface area contributed by atoms with E-state index in [0.29, 0.717) is 26.1 Å². The minimum Gasteiger partial charge on any atom is -0.338 e. The first-order chi connectivity index (χ1) is 13.6. The zero-order chi connectivity index (χ0) is 20.1. The molecule has 4 nitrogen and oxygen atoms in total. The number of benzene rings is 2. The van der Waals surface area contributed by atoms with Crippen LogP contribution >= 0.6 is 0 Å². The van der Waals surface area contributed by atoms with E-state index in [1.165, 1.54) is 11.1 Å². The van der Waals surface area contributed by atoms with Crippen LogP contribution in [0.5, 0.6) is 0 Å². The van der Waals surface area contributed by atoms with Gasteiger partial charge in [-0.2, -0.15) is 0 Å². The molecular formula is C24H30N2O2. The van der Waals surface area contributed by atoms with E-state index in [0.717, 1.165) is 24.1 Å². The van der Waals surface area contributed by atoms with Crippen LogP contribution in [0, 0.1) is 5.92 Å². The van der Waals surface area contributed by atoms with Gasteiger partial charge in [0.25, 0.3) is 0 Å². The van der Waals surface area contributed by atoms with Gasteiger partial charge < -0.3 is 9.80 Å². The molecule has 0 spiro atoms. The summed E-state index contributed by atoms with van der Waals surface area (Å²) in [6.07, 6.45) is 2.05. The van der Waals surface area contributed by atoms with Crippen molar-refractivity contribution in [2.45, 2.75) is 46.6 Å². The molecule has 1 aliphatic heterocycles. The third-order valence-electron chi connectivity index (χ3n) is 5.62. The molecule has 28 heavy (non-hydrogen) atoms. The highest BCUT2D eigenvalue weighted by atomic mass is 16.2. The number of rotatable bonds is 7. The summed E-state index contributed by atoms with van der Waals surface area (Å²) in [7, 11) is 0. The Morgan fingerprint density at radius 1 is 1.00 bits per heavy atom. The zero-order valence-corrected chi connectivity index (χ0v) is 17.1. The summed E-state index contributed by atoms with van der Waals surface area (Å²) >= 11 is 0. The van der Waals surface area contributed by atoms with Crippen LogP contribution in [0.3, 0.4) is 0 Å². The molecule has 0 N–H and O–H groups in total. The standard InChI is InChI=1S/C24H30N2O2/c1-4-19-13-10-14-20(5-2)23(19)26-17-21(15-22(26)27)24(28)25(6-3)16-18-11-8-7-9-12-18/h7-14,21H,4-6,15-17H2,1-3H3. The van der Waals surface area contributed by atoms with Gasteiger partial charge in [0.1, 0.15) is 0 Å². The Labute approximate surface area is 168 Å². The quantitative estimate of drug-likeness (QED) is 0.724. The Balaban J connectivity index is 1.79. The number of hydrogen-bond acceptors (Lipinski definition) is 2. The minimum atomic E-state index is -0.272. The molecule has 4 heteroatoms. The molecular weight excluding hydrogens is 348 g/mol. The van der Waals surface area contributed by atoms with Crippen molar-refractivity contribution in [3.8, 4) is 0 Å². The Kier molecular flexibility index (Phi) is 6.50. The van der Waals surface area contributed by atoms with Crippen molar-refractivity contribution in [1.82, 2.24) is 4.90 Å². The molecule has 1 heterocycles. The third kappa shape index (κ3) is 4.11. The predicted molar refractivity (Wildman–Crippen MR) is 113 cm³/mol. The van der Waals surface area contributed by atoms with Gasteiger partial charge in [-0.3, -0.25) is 9.59 Å². The lowest BCUT2D eigenvalue weighted by Crippen LogP contribution is -2.37. The number of anilines is 1. The molecule has 1 atom stereocenters. The SMILES string of the molecule is CCc1cccc(CC)c1N1CC(C(=O)N(CC)Cc2ccccc2)CC1=O. The van der Waals surface area contributed by atoms with Crippen LogP contribution in [0.1, 0.15) is 43.9 Å². The lowest BCUT2D eigenvalue weighted by atomic mass is 10.0. The first kappa shape index (κ1) is 20.1. The maximum Gasteiger partial charge on any atom is 0.228 e. The number of carbonyl (C=O) groups is 2. The Hall–Kier alpha value is -2.62. The summed E-state index contributed by atoms with van der Waals surface area (Å²) in [5.74, 6) is -0.135. The van der Waals surface area contributed by atoms with E-state index in [-0.39, 0.29) is 17.7 Å². The van der Waals surface area contributed by atoms with Crippen molar-refractivity contribution >= 4 is 17.5 Å². The minimum absolute atomic E-state index is 0.0599. The molecule has 2 amide bonds. The van der Waals surface area contributed by atoms with E-state index < -0.39 is 0 Å². The molecule has 1 saturated heterocycles. The molecule has 148 valence electrons. The van der Waals surface area contributed by atoms with Gasteiger partial charge in [0, 0.05) is 31.7 Å². The van der Waals surface area contributed by atoms with Crippen LogP contribution in [-0.4, -0.2) is 29.8 Å². The summed E-state index contributed by atoms with van der Waals surface area (Å²) < 4.78 is 0. The third-order valence-corrected chi connectivity index (χ3v) is 5.62. The van der Waals surface area contributed by atoms with Crippen molar-refractivity contribution < 1.29 is 9.59 Å². The number of hydrogen-bond donors (Lipinski definition) is 0. The van der Waals surface area contributed by atoms with E-state index in [1.54, 1.807) is 0 Å². The fraction of sp³-hybridized carbons (Fsp3) is 0.417.